The van der Waals surface area contributed by atoms with E-state index in [0.29, 0.717) is 26.2 Å². The van der Waals surface area contributed by atoms with Gasteiger partial charge in [-0.05, 0) is 0 Å². The molecule has 2 aliphatic heterocycles. The third kappa shape index (κ3) is 4.62. The minimum absolute atomic E-state index is 0. The fourth-order valence-electron chi connectivity index (χ4n) is 2.72. The largest absolute Gasteiger partial charge is 0.352 e. The Balaban J connectivity index is 0.00000132. The molecule has 0 bridgehead atoms. The number of anilines is 1. The zero-order valence-electron chi connectivity index (χ0n) is 12.3. The molecule has 1 aromatic rings. The first-order chi connectivity index (χ1) is 10.1. The monoisotopic (exact) mass is 369 g/mol. The Morgan fingerprint density at radius 3 is 2.43 bits per heavy atom. The van der Waals surface area contributed by atoms with Gasteiger partial charge in [0.1, 0.15) is 5.82 Å². The van der Waals surface area contributed by atoms with Gasteiger partial charge in [0, 0.05) is 45.0 Å². The van der Waals surface area contributed by atoms with Gasteiger partial charge < -0.3 is 9.80 Å². The number of alkyl halides is 2. The molecule has 3 heterocycles. The van der Waals surface area contributed by atoms with Crippen LogP contribution >= 0.6 is 24.8 Å². The first-order valence-electron chi connectivity index (χ1n) is 6.96. The lowest BCUT2D eigenvalue weighted by molar-refractivity contribution is -0.134. The smallest absolute Gasteiger partial charge is 0.262 e. The molecule has 1 atom stereocenters. The molecule has 6 nitrogen and oxygen atoms in total. The minimum Gasteiger partial charge on any atom is -0.352 e. The summed E-state index contributed by atoms with van der Waals surface area (Å²) in [6.45, 7) is 1.88. The summed E-state index contributed by atoms with van der Waals surface area (Å²) in [5.74, 6) is -2.23. The van der Waals surface area contributed by atoms with Gasteiger partial charge in [-0.25, -0.2) is 13.8 Å². The van der Waals surface area contributed by atoms with Crippen molar-refractivity contribution < 1.29 is 13.6 Å². The normalized spacial score (nSPS) is 23.0. The van der Waals surface area contributed by atoms with Gasteiger partial charge in [0.2, 0.25) is 5.91 Å². The zero-order valence-corrected chi connectivity index (χ0v) is 14.0. The minimum atomic E-state index is -2.78. The molecule has 2 saturated heterocycles. The van der Waals surface area contributed by atoms with E-state index in [2.05, 4.69) is 15.3 Å². The third-order valence-corrected chi connectivity index (χ3v) is 3.87. The van der Waals surface area contributed by atoms with E-state index in [1.807, 2.05) is 4.90 Å². The van der Waals surface area contributed by atoms with Gasteiger partial charge in [-0.15, -0.1) is 24.8 Å². The van der Waals surface area contributed by atoms with E-state index in [9.17, 15) is 13.6 Å². The Kier molecular flexibility index (Phi) is 6.91. The number of carbonyl (C=O) groups is 1. The van der Waals surface area contributed by atoms with E-state index in [1.54, 1.807) is 23.5 Å². The molecule has 0 radical (unpaired) electrons. The average Bonchev–Trinajstić information content (AvgIpc) is 2.88. The van der Waals surface area contributed by atoms with Crippen molar-refractivity contribution in [2.45, 2.75) is 18.4 Å². The number of hydrogen-bond acceptors (Lipinski definition) is 5. The molecule has 130 valence electrons. The quantitative estimate of drug-likeness (QED) is 0.841. The number of halogens is 4. The van der Waals surface area contributed by atoms with Crippen LogP contribution in [0.5, 0.6) is 0 Å². The molecule has 0 spiro atoms. The maximum absolute atomic E-state index is 13.1. The van der Waals surface area contributed by atoms with Gasteiger partial charge in [-0.2, -0.15) is 0 Å². The van der Waals surface area contributed by atoms with Gasteiger partial charge in [0.15, 0.2) is 0 Å². The number of nitrogens with zero attached hydrogens (tertiary/aromatic N) is 4. The number of rotatable bonds is 2. The van der Waals surface area contributed by atoms with Gasteiger partial charge >= 0.3 is 0 Å². The summed E-state index contributed by atoms with van der Waals surface area (Å²) >= 11 is 0. The summed E-state index contributed by atoms with van der Waals surface area (Å²) in [5, 5.41) is 2.61. The molecule has 0 aromatic carbocycles. The zero-order chi connectivity index (χ0) is 14.9. The van der Waals surface area contributed by atoms with Crippen molar-refractivity contribution in [3.05, 3.63) is 18.6 Å². The molecule has 2 fully saturated rings. The third-order valence-electron chi connectivity index (χ3n) is 3.87. The van der Waals surface area contributed by atoms with E-state index < -0.39 is 24.9 Å². The Bertz CT molecular complexity index is 514. The molecule has 2 aliphatic rings. The summed E-state index contributed by atoms with van der Waals surface area (Å²) in [4.78, 5) is 24.1. The van der Waals surface area contributed by atoms with E-state index in [-0.39, 0.29) is 30.7 Å². The van der Waals surface area contributed by atoms with E-state index >= 15 is 0 Å². The van der Waals surface area contributed by atoms with Gasteiger partial charge in [-0.1, -0.05) is 0 Å². The first-order valence-corrected chi connectivity index (χ1v) is 6.96. The van der Waals surface area contributed by atoms with E-state index in [1.165, 1.54) is 0 Å². The average molecular weight is 370 g/mol. The Labute approximate surface area is 145 Å². The molecule has 1 N–H and O–H groups in total. The van der Waals surface area contributed by atoms with Crippen molar-refractivity contribution in [3.8, 4) is 0 Å². The molecule has 10 heteroatoms. The number of amides is 1. The molecule has 1 amide bonds. The Hall–Kier alpha value is -1.25. The number of hydrogen-bond donors (Lipinski definition) is 1. The van der Waals surface area contributed by atoms with Crippen molar-refractivity contribution in [1.29, 1.82) is 0 Å². The second kappa shape index (κ2) is 8.03. The van der Waals surface area contributed by atoms with Crippen molar-refractivity contribution in [2.75, 3.05) is 37.6 Å². The number of carbonyl (C=O) groups excluding carboxylic acids is 1. The molecule has 0 aliphatic carbocycles. The summed E-state index contributed by atoms with van der Waals surface area (Å²) in [7, 11) is 0. The van der Waals surface area contributed by atoms with Crippen LogP contribution in [-0.2, 0) is 4.79 Å². The van der Waals surface area contributed by atoms with Gasteiger partial charge in [0.25, 0.3) is 5.92 Å². The maximum atomic E-state index is 13.1. The van der Waals surface area contributed by atoms with Crippen LogP contribution in [0.2, 0.25) is 0 Å². The van der Waals surface area contributed by atoms with Crippen LogP contribution in [-0.4, -0.2) is 65.5 Å². The van der Waals surface area contributed by atoms with Crippen LogP contribution in [0.1, 0.15) is 6.42 Å². The summed E-state index contributed by atoms with van der Waals surface area (Å²) in [5.41, 5.74) is 0. The second-order valence-electron chi connectivity index (χ2n) is 5.37. The molecule has 0 saturated carbocycles. The second-order valence-corrected chi connectivity index (χ2v) is 5.37. The van der Waals surface area contributed by atoms with Crippen LogP contribution in [0, 0.1) is 0 Å². The van der Waals surface area contributed by atoms with Gasteiger partial charge in [0.05, 0.1) is 18.8 Å². The fourth-order valence-corrected chi connectivity index (χ4v) is 2.72. The standard InChI is InChI=1S/C13H17F2N5O.2ClH/c14-13(15)7-10(18-9-13)12(21)20-5-3-19(4-6-20)11-8-16-1-2-17-11;;/h1-2,8,10,18H,3-7,9H2;2*1H. The highest BCUT2D eigenvalue weighted by atomic mass is 35.5. The van der Waals surface area contributed by atoms with Crippen LogP contribution in [0.4, 0.5) is 14.6 Å². The first kappa shape index (κ1) is 19.8. The SMILES string of the molecule is Cl.Cl.O=C(C1CC(F)(F)CN1)N1CCN(c2cnccn2)CC1. The lowest BCUT2D eigenvalue weighted by atomic mass is 10.1. The van der Waals surface area contributed by atoms with Crippen molar-refractivity contribution in [3.63, 3.8) is 0 Å². The lowest BCUT2D eigenvalue weighted by Gasteiger charge is -2.36. The van der Waals surface area contributed by atoms with E-state index in [0.717, 1.165) is 5.82 Å². The number of piperazine rings is 1. The highest BCUT2D eigenvalue weighted by molar-refractivity contribution is 5.85. The fraction of sp³-hybridized carbons (Fsp3) is 0.615. The van der Waals surface area contributed by atoms with Gasteiger partial charge in [-0.3, -0.25) is 15.1 Å². The predicted octanol–water partition coefficient (Wildman–Crippen LogP) is 0.966. The Morgan fingerprint density at radius 2 is 1.91 bits per heavy atom. The van der Waals surface area contributed by atoms with Crippen LogP contribution < -0.4 is 10.2 Å². The maximum Gasteiger partial charge on any atom is 0.262 e. The molecular weight excluding hydrogens is 351 g/mol. The van der Waals surface area contributed by atoms with Crippen molar-refractivity contribution in [2.24, 2.45) is 0 Å². The highest BCUT2D eigenvalue weighted by Crippen LogP contribution is 2.26. The van der Waals surface area contributed by atoms with Crippen LogP contribution in [0.25, 0.3) is 0 Å². The molecular formula is C13H19Cl2F2N5O. The number of nitrogens with one attached hydrogen (secondary N) is 1. The molecule has 23 heavy (non-hydrogen) atoms. The summed E-state index contributed by atoms with van der Waals surface area (Å²) in [6.07, 6.45) is 4.50. The molecule has 3 rings (SSSR count). The molecule has 1 unspecified atom stereocenters. The number of aromatic nitrogens is 2. The topological polar surface area (TPSA) is 61.4 Å². The molecule has 1 aromatic heterocycles. The van der Waals surface area contributed by atoms with E-state index in [4.69, 9.17) is 0 Å². The predicted molar refractivity (Wildman–Crippen MR) is 86.7 cm³/mol. The van der Waals surface area contributed by atoms with Crippen LogP contribution in [0.3, 0.4) is 0 Å². The summed E-state index contributed by atoms with van der Waals surface area (Å²) in [6, 6.07) is -0.761. The lowest BCUT2D eigenvalue weighted by Crippen LogP contribution is -2.53. The highest BCUT2D eigenvalue weighted by Gasteiger charge is 2.43. The Morgan fingerprint density at radius 1 is 1.22 bits per heavy atom. The van der Waals surface area contributed by atoms with Crippen molar-refractivity contribution >= 4 is 36.5 Å². The van der Waals surface area contributed by atoms with Crippen LogP contribution in [0.15, 0.2) is 18.6 Å². The van der Waals surface area contributed by atoms with Crippen molar-refractivity contribution in [1.82, 2.24) is 20.2 Å². The summed E-state index contributed by atoms with van der Waals surface area (Å²) < 4.78 is 26.3.